The maximum absolute atomic E-state index is 14.3. The molecule has 2 saturated carbocycles. The average molecular weight is 366 g/mol. The first-order chi connectivity index (χ1) is 12.7. The quantitative estimate of drug-likeness (QED) is 0.472. The Bertz CT molecular complexity index is 590. The van der Waals surface area contributed by atoms with Crippen molar-refractivity contribution < 1.29 is 18.3 Å². The van der Waals surface area contributed by atoms with E-state index in [1.54, 1.807) is 0 Å². The van der Waals surface area contributed by atoms with Crippen LogP contribution in [0.4, 0.5) is 8.78 Å². The second-order valence-electron chi connectivity index (χ2n) is 7.99. The monoisotopic (exact) mass is 366 g/mol. The molecule has 26 heavy (non-hydrogen) atoms. The topological polar surface area (TPSA) is 18.5 Å². The van der Waals surface area contributed by atoms with Crippen LogP contribution in [0, 0.1) is 35.3 Å². The lowest BCUT2D eigenvalue weighted by atomic mass is 9.87. The van der Waals surface area contributed by atoms with Gasteiger partial charge in [0.1, 0.15) is 0 Å². The molecule has 4 unspecified atom stereocenters. The molecule has 2 fully saturated rings. The fourth-order valence-corrected chi connectivity index (χ4v) is 5.04. The Labute approximate surface area is 156 Å². The summed E-state index contributed by atoms with van der Waals surface area (Å²) in [6.07, 6.45) is 9.37. The summed E-state index contributed by atoms with van der Waals surface area (Å²) in [6, 6.07) is 2.98. The highest BCUT2D eigenvalue weighted by Crippen LogP contribution is 2.52. The number of benzene rings is 1. The second-order valence-corrected chi connectivity index (χ2v) is 7.99. The zero-order valence-electron chi connectivity index (χ0n) is 16.1. The molecule has 0 bridgehead atoms. The van der Waals surface area contributed by atoms with Crippen LogP contribution in [0.1, 0.15) is 65.2 Å². The Kier molecular flexibility index (Phi) is 6.77. The molecule has 2 nitrogen and oxygen atoms in total. The van der Waals surface area contributed by atoms with Crippen LogP contribution >= 0.6 is 0 Å². The van der Waals surface area contributed by atoms with Gasteiger partial charge in [-0.2, -0.15) is 8.78 Å². The van der Waals surface area contributed by atoms with Gasteiger partial charge in [-0.25, -0.2) is 0 Å². The molecule has 2 aliphatic carbocycles. The number of hydrogen-bond donors (Lipinski definition) is 0. The van der Waals surface area contributed by atoms with E-state index in [-0.39, 0.29) is 11.5 Å². The fourth-order valence-electron chi connectivity index (χ4n) is 5.04. The molecule has 0 heterocycles. The lowest BCUT2D eigenvalue weighted by Crippen LogP contribution is -2.19. The van der Waals surface area contributed by atoms with Crippen molar-refractivity contribution in [3.63, 3.8) is 0 Å². The van der Waals surface area contributed by atoms with Gasteiger partial charge in [0.2, 0.25) is 11.6 Å². The average Bonchev–Trinajstić information content (AvgIpc) is 3.22. The van der Waals surface area contributed by atoms with Gasteiger partial charge in [0.15, 0.2) is 11.5 Å². The number of ether oxygens (including phenoxy) is 2. The van der Waals surface area contributed by atoms with E-state index in [9.17, 15) is 8.78 Å². The molecule has 4 atom stereocenters. The van der Waals surface area contributed by atoms with Crippen molar-refractivity contribution in [3.8, 4) is 11.5 Å². The highest BCUT2D eigenvalue weighted by molar-refractivity contribution is 5.35. The summed E-state index contributed by atoms with van der Waals surface area (Å²) in [6.45, 7) is 5.18. The van der Waals surface area contributed by atoms with Crippen molar-refractivity contribution in [1.29, 1.82) is 0 Å². The van der Waals surface area contributed by atoms with Gasteiger partial charge >= 0.3 is 0 Å². The molecule has 0 spiro atoms. The molecule has 0 aromatic heterocycles. The molecule has 0 aliphatic heterocycles. The van der Waals surface area contributed by atoms with Gasteiger partial charge in [-0.15, -0.1) is 0 Å². The number of hydrogen-bond acceptors (Lipinski definition) is 2. The van der Waals surface area contributed by atoms with E-state index in [4.69, 9.17) is 9.47 Å². The molecule has 146 valence electrons. The molecule has 1 aromatic rings. The van der Waals surface area contributed by atoms with E-state index in [2.05, 4.69) is 6.92 Å². The summed E-state index contributed by atoms with van der Waals surface area (Å²) < 4.78 is 39.5. The van der Waals surface area contributed by atoms with E-state index in [1.807, 2.05) is 6.92 Å². The van der Waals surface area contributed by atoms with E-state index in [0.29, 0.717) is 25.0 Å². The third-order valence-corrected chi connectivity index (χ3v) is 6.38. The standard InChI is InChI=1S/C22H32F2O2/c1-3-5-13-25-19-11-12-20(22(24)21(19)23)26-14-16-8-10-17-15(6-4-2)7-9-18(16)17/h11-12,15-18H,3-10,13-14H2,1-2H3. The molecular weight excluding hydrogens is 334 g/mol. The first-order valence-electron chi connectivity index (χ1n) is 10.4. The Morgan fingerprint density at radius 2 is 1.46 bits per heavy atom. The minimum absolute atomic E-state index is 0.0110. The SMILES string of the molecule is CCCCOc1ccc(OCC2CCC3C(CCC)CCC23)c(F)c1F. The van der Waals surface area contributed by atoms with Crippen LogP contribution in [0.5, 0.6) is 11.5 Å². The number of halogens is 2. The lowest BCUT2D eigenvalue weighted by molar-refractivity contribution is 0.193. The lowest BCUT2D eigenvalue weighted by Gasteiger charge is -2.21. The Morgan fingerprint density at radius 1 is 0.846 bits per heavy atom. The van der Waals surface area contributed by atoms with E-state index in [0.717, 1.165) is 31.1 Å². The first kappa shape index (κ1) is 19.4. The summed E-state index contributed by atoms with van der Waals surface area (Å²) in [5, 5.41) is 0. The van der Waals surface area contributed by atoms with Crippen LogP contribution in [-0.4, -0.2) is 13.2 Å². The van der Waals surface area contributed by atoms with Crippen LogP contribution < -0.4 is 9.47 Å². The van der Waals surface area contributed by atoms with Crippen molar-refractivity contribution in [1.82, 2.24) is 0 Å². The fraction of sp³-hybridized carbons (Fsp3) is 0.727. The largest absolute Gasteiger partial charge is 0.490 e. The van der Waals surface area contributed by atoms with E-state index < -0.39 is 11.6 Å². The molecule has 0 N–H and O–H groups in total. The minimum atomic E-state index is -0.938. The summed E-state index contributed by atoms with van der Waals surface area (Å²) in [7, 11) is 0. The third-order valence-electron chi connectivity index (χ3n) is 6.38. The van der Waals surface area contributed by atoms with Gasteiger partial charge in [0.25, 0.3) is 0 Å². The zero-order valence-corrected chi connectivity index (χ0v) is 16.1. The zero-order chi connectivity index (χ0) is 18.5. The molecule has 3 rings (SSSR count). The summed E-state index contributed by atoms with van der Waals surface area (Å²) >= 11 is 0. The van der Waals surface area contributed by atoms with Gasteiger partial charge in [0.05, 0.1) is 13.2 Å². The minimum Gasteiger partial charge on any atom is -0.490 e. The van der Waals surface area contributed by atoms with Gasteiger partial charge < -0.3 is 9.47 Å². The van der Waals surface area contributed by atoms with Crippen LogP contribution in [0.15, 0.2) is 12.1 Å². The second kappa shape index (κ2) is 9.05. The number of fused-ring (bicyclic) bond motifs is 1. The van der Waals surface area contributed by atoms with Gasteiger partial charge in [-0.1, -0.05) is 33.1 Å². The van der Waals surface area contributed by atoms with Crippen molar-refractivity contribution in [2.75, 3.05) is 13.2 Å². The van der Waals surface area contributed by atoms with Crippen LogP contribution in [0.3, 0.4) is 0 Å². The molecule has 0 radical (unpaired) electrons. The normalized spacial score (nSPS) is 27.5. The number of rotatable bonds is 9. The van der Waals surface area contributed by atoms with E-state index >= 15 is 0 Å². The molecule has 0 amide bonds. The molecule has 4 heteroatoms. The third kappa shape index (κ3) is 4.15. The Hall–Kier alpha value is -1.32. The molecule has 1 aromatic carbocycles. The van der Waals surface area contributed by atoms with Gasteiger partial charge in [-0.05, 0) is 67.9 Å². The van der Waals surface area contributed by atoms with E-state index in [1.165, 1.54) is 44.2 Å². The maximum Gasteiger partial charge on any atom is 0.204 e. The summed E-state index contributed by atoms with van der Waals surface area (Å²) in [5.41, 5.74) is 0. The molecule has 2 aliphatic rings. The van der Waals surface area contributed by atoms with Crippen molar-refractivity contribution in [2.24, 2.45) is 23.7 Å². The Morgan fingerprint density at radius 3 is 2.12 bits per heavy atom. The smallest absolute Gasteiger partial charge is 0.204 e. The highest BCUT2D eigenvalue weighted by atomic mass is 19.2. The van der Waals surface area contributed by atoms with Crippen LogP contribution in [-0.2, 0) is 0 Å². The molecular formula is C22H32F2O2. The molecule has 0 saturated heterocycles. The highest BCUT2D eigenvalue weighted by Gasteiger charge is 2.44. The maximum atomic E-state index is 14.3. The predicted octanol–water partition coefficient (Wildman–Crippen LogP) is 6.38. The van der Waals surface area contributed by atoms with Gasteiger partial charge in [-0.3, -0.25) is 0 Å². The summed E-state index contributed by atoms with van der Waals surface area (Å²) in [5.74, 6) is 0.985. The van der Waals surface area contributed by atoms with Crippen LogP contribution in [0.25, 0.3) is 0 Å². The Balaban J connectivity index is 1.56. The number of unbranched alkanes of at least 4 members (excludes halogenated alkanes) is 1. The van der Waals surface area contributed by atoms with Crippen molar-refractivity contribution >= 4 is 0 Å². The van der Waals surface area contributed by atoms with Crippen molar-refractivity contribution in [3.05, 3.63) is 23.8 Å². The van der Waals surface area contributed by atoms with Crippen molar-refractivity contribution in [2.45, 2.75) is 65.2 Å². The van der Waals surface area contributed by atoms with Gasteiger partial charge in [0, 0.05) is 0 Å². The first-order valence-corrected chi connectivity index (χ1v) is 10.4. The summed E-state index contributed by atoms with van der Waals surface area (Å²) in [4.78, 5) is 0. The van der Waals surface area contributed by atoms with Crippen LogP contribution in [0.2, 0.25) is 0 Å². The predicted molar refractivity (Wildman–Crippen MR) is 99.6 cm³/mol.